The fraction of sp³-hybridized carbons (Fsp3) is 0.583. The van der Waals surface area contributed by atoms with Crippen LogP contribution in [0, 0.1) is 6.92 Å². The van der Waals surface area contributed by atoms with Crippen LogP contribution in [0.4, 0.5) is 0 Å². The van der Waals surface area contributed by atoms with Crippen LogP contribution in [-0.4, -0.2) is 42.6 Å². The molecule has 0 aliphatic rings. The highest BCUT2D eigenvalue weighted by molar-refractivity contribution is 7.89. The van der Waals surface area contributed by atoms with Crippen molar-refractivity contribution in [3.05, 3.63) is 23.9 Å². The lowest BCUT2D eigenvalue weighted by Crippen LogP contribution is -2.32. The summed E-state index contributed by atoms with van der Waals surface area (Å²) in [5, 5.41) is 9.95. The smallest absolute Gasteiger partial charge is 0.262 e. The van der Waals surface area contributed by atoms with Gasteiger partial charge in [-0.15, -0.1) is 6.58 Å². The molecule has 108 valence electrons. The fourth-order valence-electron chi connectivity index (χ4n) is 1.77. The van der Waals surface area contributed by atoms with E-state index in [0.29, 0.717) is 18.7 Å². The Morgan fingerprint density at radius 3 is 2.68 bits per heavy atom. The number of nitrogens with zero attached hydrogens (tertiary/aromatic N) is 2. The number of aryl methyl sites for hydroxylation is 1. The number of H-pyrrole nitrogens is 1. The van der Waals surface area contributed by atoms with E-state index >= 15 is 0 Å². The normalized spacial score (nSPS) is 12.0. The third-order valence-electron chi connectivity index (χ3n) is 2.86. The van der Waals surface area contributed by atoms with E-state index in [1.54, 1.807) is 13.0 Å². The van der Waals surface area contributed by atoms with Crippen LogP contribution in [0.25, 0.3) is 0 Å². The molecule has 0 bridgehead atoms. The molecule has 0 atom stereocenters. The number of nitrogens with one attached hydrogen (secondary N) is 2. The molecule has 6 nitrogen and oxygen atoms in total. The van der Waals surface area contributed by atoms with Crippen LogP contribution in [0.1, 0.15) is 25.1 Å². The van der Waals surface area contributed by atoms with Crippen molar-refractivity contribution in [3.63, 3.8) is 0 Å². The molecule has 2 N–H and O–H groups in total. The number of sulfonamides is 1. The first kappa shape index (κ1) is 15.9. The Labute approximate surface area is 114 Å². The largest absolute Gasteiger partial charge is 0.313 e. The van der Waals surface area contributed by atoms with Crippen LogP contribution >= 0.6 is 0 Å². The van der Waals surface area contributed by atoms with Crippen molar-refractivity contribution in [1.82, 2.24) is 19.8 Å². The summed E-state index contributed by atoms with van der Waals surface area (Å²) in [7, 11) is -3.57. The van der Waals surface area contributed by atoms with E-state index < -0.39 is 10.0 Å². The zero-order valence-electron chi connectivity index (χ0n) is 11.7. The van der Waals surface area contributed by atoms with E-state index in [4.69, 9.17) is 0 Å². The molecule has 0 saturated heterocycles. The standard InChI is InChI=1S/C12H22N4O2S/c1-5-8-16(7-3)19(17,18)12-11(9-13-6-2)10(4)14-15-12/h5,13H,1,6-9H2,2-4H3,(H,14,15). The maximum absolute atomic E-state index is 12.5. The monoisotopic (exact) mass is 286 g/mol. The van der Waals surface area contributed by atoms with Crippen molar-refractivity contribution in [2.45, 2.75) is 32.3 Å². The number of aromatic nitrogens is 2. The summed E-state index contributed by atoms with van der Waals surface area (Å²) in [6.07, 6.45) is 1.57. The number of rotatable bonds is 8. The first-order valence-electron chi connectivity index (χ1n) is 6.34. The second kappa shape index (κ2) is 6.83. The number of aromatic amines is 1. The molecule has 0 radical (unpaired) electrons. The summed E-state index contributed by atoms with van der Waals surface area (Å²) < 4.78 is 26.4. The average molecular weight is 286 g/mol. The molecule has 7 heteroatoms. The molecule has 1 aromatic rings. The molecule has 0 aromatic carbocycles. The Hall–Kier alpha value is -1.18. The summed E-state index contributed by atoms with van der Waals surface area (Å²) in [6, 6.07) is 0. The SMILES string of the molecule is C=CCN(CC)S(=O)(=O)c1n[nH]c(C)c1CNCC. The molecule has 0 amide bonds. The van der Waals surface area contributed by atoms with Gasteiger partial charge in [-0.05, 0) is 13.5 Å². The highest BCUT2D eigenvalue weighted by Gasteiger charge is 2.28. The Kier molecular flexibility index (Phi) is 5.71. The van der Waals surface area contributed by atoms with Crippen molar-refractivity contribution < 1.29 is 8.42 Å². The Bertz CT molecular complexity index is 522. The summed E-state index contributed by atoms with van der Waals surface area (Å²) in [6.45, 7) is 11.1. The van der Waals surface area contributed by atoms with Crippen molar-refractivity contribution in [2.75, 3.05) is 19.6 Å². The molecular formula is C12H22N4O2S. The molecule has 0 unspecified atom stereocenters. The maximum Gasteiger partial charge on any atom is 0.262 e. The van der Waals surface area contributed by atoms with Gasteiger partial charge in [0.2, 0.25) is 0 Å². The van der Waals surface area contributed by atoms with Crippen LogP contribution in [0.3, 0.4) is 0 Å². The minimum atomic E-state index is -3.57. The molecule has 1 rings (SSSR count). The van der Waals surface area contributed by atoms with Gasteiger partial charge in [-0.3, -0.25) is 5.10 Å². The van der Waals surface area contributed by atoms with Gasteiger partial charge in [-0.2, -0.15) is 9.40 Å². The molecule has 0 aliphatic carbocycles. The van der Waals surface area contributed by atoms with Crippen LogP contribution in [-0.2, 0) is 16.6 Å². The molecular weight excluding hydrogens is 264 g/mol. The lowest BCUT2D eigenvalue weighted by Gasteiger charge is -2.18. The van der Waals surface area contributed by atoms with Crippen molar-refractivity contribution in [1.29, 1.82) is 0 Å². The Morgan fingerprint density at radius 1 is 1.47 bits per heavy atom. The van der Waals surface area contributed by atoms with Crippen LogP contribution in [0.2, 0.25) is 0 Å². The zero-order chi connectivity index (χ0) is 14.5. The summed E-state index contributed by atoms with van der Waals surface area (Å²) in [5.74, 6) is 0. The van der Waals surface area contributed by atoms with Gasteiger partial charge in [0.25, 0.3) is 10.0 Å². The van der Waals surface area contributed by atoms with Gasteiger partial charge in [0.05, 0.1) is 0 Å². The second-order valence-electron chi connectivity index (χ2n) is 4.16. The number of hydrogen-bond donors (Lipinski definition) is 2. The van der Waals surface area contributed by atoms with Crippen LogP contribution < -0.4 is 5.32 Å². The molecule has 0 aliphatic heterocycles. The minimum absolute atomic E-state index is 0.106. The number of hydrogen-bond acceptors (Lipinski definition) is 4. The summed E-state index contributed by atoms with van der Waals surface area (Å²) in [5.41, 5.74) is 1.47. The van der Waals surface area contributed by atoms with Gasteiger partial charge in [0, 0.05) is 30.9 Å². The Morgan fingerprint density at radius 2 is 2.16 bits per heavy atom. The van der Waals surface area contributed by atoms with E-state index in [-0.39, 0.29) is 11.6 Å². The fourth-order valence-corrected chi connectivity index (χ4v) is 3.35. The maximum atomic E-state index is 12.5. The third-order valence-corrected chi connectivity index (χ3v) is 4.77. The minimum Gasteiger partial charge on any atom is -0.313 e. The highest BCUT2D eigenvalue weighted by atomic mass is 32.2. The topological polar surface area (TPSA) is 78.1 Å². The molecule has 19 heavy (non-hydrogen) atoms. The molecule has 0 fully saturated rings. The van der Waals surface area contributed by atoms with Crippen LogP contribution in [0.15, 0.2) is 17.7 Å². The lowest BCUT2D eigenvalue weighted by atomic mass is 10.2. The third kappa shape index (κ3) is 3.43. The second-order valence-corrected chi connectivity index (χ2v) is 6.01. The van der Waals surface area contributed by atoms with E-state index in [1.165, 1.54) is 4.31 Å². The van der Waals surface area contributed by atoms with E-state index in [1.807, 2.05) is 13.8 Å². The van der Waals surface area contributed by atoms with E-state index in [0.717, 1.165) is 12.2 Å². The quantitative estimate of drug-likeness (QED) is 0.700. The predicted molar refractivity (Wildman–Crippen MR) is 75.3 cm³/mol. The molecule has 1 aromatic heterocycles. The van der Waals surface area contributed by atoms with Gasteiger partial charge in [-0.25, -0.2) is 8.42 Å². The first-order chi connectivity index (χ1) is 8.98. The van der Waals surface area contributed by atoms with Crippen molar-refractivity contribution >= 4 is 10.0 Å². The molecule has 1 heterocycles. The number of likely N-dealkylation sites (N-methyl/N-ethyl adjacent to an activating group) is 1. The van der Waals surface area contributed by atoms with Gasteiger partial charge >= 0.3 is 0 Å². The highest BCUT2D eigenvalue weighted by Crippen LogP contribution is 2.20. The van der Waals surface area contributed by atoms with E-state index in [9.17, 15) is 8.42 Å². The Balaban J connectivity index is 3.16. The summed E-state index contributed by atoms with van der Waals surface area (Å²) in [4.78, 5) is 0. The van der Waals surface area contributed by atoms with Gasteiger partial charge in [0.15, 0.2) is 5.03 Å². The predicted octanol–water partition coefficient (Wildman–Crippen LogP) is 1.02. The van der Waals surface area contributed by atoms with Crippen molar-refractivity contribution in [3.8, 4) is 0 Å². The van der Waals surface area contributed by atoms with Crippen molar-refractivity contribution in [2.24, 2.45) is 0 Å². The first-order valence-corrected chi connectivity index (χ1v) is 7.78. The van der Waals surface area contributed by atoms with Gasteiger partial charge in [0.1, 0.15) is 0 Å². The van der Waals surface area contributed by atoms with Gasteiger partial charge < -0.3 is 5.32 Å². The van der Waals surface area contributed by atoms with Gasteiger partial charge in [-0.1, -0.05) is 19.9 Å². The summed E-state index contributed by atoms with van der Waals surface area (Å²) >= 11 is 0. The van der Waals surface area contributed by atoms with Crippen LogP contribution in [0.5, 0.6) is 0 Å². The average Bonchev–Trinajstić information content (AvgIpc) is 2.75. The molecule has 0 spiro atoms. The van der Waals surface area contributed by atoms with E-state index in [2.05, 4.69) is 22.1 Å². The zero-order valence-corrected chi connectivity index (χ0v) is 12.5. The molecule has 0 saturated carbocycles. The lowest BCUT2D eigenvalue weighted by molar-refractivity contribution is 0.455.